The molecule has 0 saturated carbocycles. The molecular weight excluding hydrogens is 376 g/mol. The van der Waals surface area contributed by atoms with Gasteiger partial charge in [-0.2, -0.15) is 0 Å². The average molecular weight is 405 g/mol. The number of methoxy groups -OCH3 is 1. The van der Waals surface area contributed by atoms with Gasteiger partial charge in [-0.15, -0.1) is 0 Å². The Kier molecular flexibility index (Phi) is 4.68. The van der Waals surface area contributed by atoms with Crippen LogP contribution in [0.25, 0.3) is 0 Å². The number of fused-ring (bicyclic) bond motifs is 1. The third-order valence-corrected chi connectivity index (χ3v) is 7.23. The van der Waals surface area contributed by atoms with Crippen molar-refractivity contribution in [1.82, 2.24) is 4.90 Å². The van der Waals surface area contributed by atoms with Gasteiger partial charge in [-0.1, -0.05) is 48.5 Å². The zero-order valence-corrected chi connectivity index (χ0v) is 17.5. The fraction of sp³-hybridized carbons (Fsp3) is 0.400. The molecule has 2 aromatic carbocycles. The summed E-state index contributed by atoms with van der Waals surface area (Å²) < 4.78 is 5.16. The lowest BCUT2D eigenvalue weighted by Crippen LogP contribution is -2.54. The van der Waals surface area contributed by atoms with Crippen molar-refractivity contribution in [2.75, 3.05) is 19.0 Å². The first-order valence-electron chi connectivity index (χ1n) is 10.7. The topological polar surface area (TPSA) is 61.8 Å². The van der Waals surface area contributed by atoms with E-state index in [1.807, 2.05) is 19.1 Å². The Morgan fingerprint density at radius 1 is 1.23 bits per heavy atom. The number of rotatable bonds is 4. The molecule has 2 aliphatic heterocycles. The van der Waals surface area contributed by atoms with Crippen LogP contribution in [0.15, 0.2) is 65.9 Å². The fourth-order valence-corrected chi connectivity index (χ4v) is 6.02. The number of ether oxygens (including phenoxy) is 1. The van der Waals surface area contributed by atoms with Gasteiger partial charge >= 0.3 is 5.97 Å². The lowest BCUT2D eigenvalue weighted by Gasteiger charge is -2.46. The Balaban J connectivity index is 1.67. The van der Waals surface area contributed by atoms with Gasteiger partial charge in [0, 0.05) is 36.4 Å². The van der Waals surface area contributed by atoms with Crippen LogP contribution in [0.1, 0.15) is 30.9 Å². The minimum absolute atomic E-state index is 0.0537. The molecule has 4 atom stereocenters. The molecule has 2 aromatic rings. The maximum atomic E-state index is 12.8. The quantitative estimate of drug-likeness (QED) is 0.765. The molecule has 0 bridgehead atoms. The van der Waals surface area contributed by atoms with E-state index in [0.29, 0.717) is 12.0 Å². The summed E-state index contributed by atoms with van der Waals surface area (Å²) in [7, 11) is 1.44. The number of benzene rings is 2. The van der Waals surface area contributed by atoms with Crippen molar-refractivity contribution in [3.05, 3.63) is 77.0 Å². The third kappa shape index (κ3) is 2.72. The van der Waals surface area contributed by atoms with Crippen LogP contribution in [0, 0.1) is 5.92 Å². The summed E-state index contributed by atoms with van der Waals surface area (Å²) in [6.45, 7) is 3.60. The molecule has 2 N–H and O–H groups in total. The molecule has 1 aliphatic carbocycles. The zero-order valence-electron chi connectivity index (χ0n) is 17.5. The van der Waals surface area contributed by atoms with E-state index in [-0.39, 0.29) is 23.3 Å². The van der Waals surface area contributed by atoms with E-state index >= 15 is 0 Å². The van der Waals surface area contributed by atoms with E-state index in [2.05, 4.69) is 52.7 Å². The largest absolute Gasteiger partial charge is 0.466 e. The predicted octanol–water partition coefficient (Wildman–Crippen LogP) is 3.45. The van der Waals surface area contributed by atoms with Crippen molar-refractivity contribution in [3.63, 3.8) is 0 Å². The Labute approximate surface area is 177 Å². The molecule has 5 nitrogen and oxygen atoms in total. The number of aliphatic hydroxyl groups is 1. The minimum Gasteiger partial charge on any atom is -0.466 e. The van der Waals surface area contributed by atoms with Gasteiger partial charge in [0.05, 0.1) is 24.2 Å². The first kappa shape index (κ1) is 19.3. The van der Waals surface area contributed by atoms with Crippen LogP contribution in [0.4, 0.5) is 5.69 Å². The van der Waals surface area contributed by atoms with Crippen molar-refractivity contribution in [3.8, 4) is 0 Å². The monoisotopic (exact) mass is 404 g/mol. The summed E-state index contributed by atoms with van der Waals surface area (Å²) in [6.07, 6.45) is 0.892. The number of likely N-dealkylation sites (tertiary alicyclic amines) is 1. The Bertz CT molecular complexity index is 1000. The van der Waals surface area contributed by atoms with Gasteiger partial charge in [-0.05, 0) is 37.0 Å². The van der Waals surface area contributed by atoms with E-state index in [9.17, 15) is 9.90 Å². The molecule has 1 spiro atoms. The first-order valence-corrected chi connectivity index (χ1v) is 10.7. The molecule has 156 valence electrons. The number of carbonyl (C=O) groups is 1. The summed E-state index contributed by atoms with van der Waals surface area (Å²) in [5.41, 5.74) is 4.89. The maximum absolute atomic E-state index is 12.8. The van der Waals surface area contributed by atoms with Crippen molar-refractivity contribution < 1.29 is 14.6 Å². The fourth-order valence-electron chi connectivity index (χ4n) is 6.02. The number of anilines is 1. The molecule has 30 heavy (non-hydrogen) atoms. The molecule has 2 heterocycles. The van der Waals surface area contributed by atoms with Crippen LogP contribution in [-0.2, 0) is 21.5 Å². The highest BCUT2D eigenvalue weighted by Crippen LogP contribution is 2.59. The van der Waals surface area contributed by atoms with E-state index in [1.54, 1.807) is 0 Å². The second kappa shape index (κ2) is 7.25. The minimum atomic E-state index is -0.530. The van der Waals surface area contributed by atoms with Crippen LogP contribution >= 0.6 is 0 Å². The molecule has 5 heteroatoms. The molecule has 0 unspecified atom stereocenters. The van der Waals surface area contributed by atoms with Crippen molar-refractivity contribution in [1.29, 1.82) is 0 Å². The number of hydrogen-bond donors (Lipinski definition) is 2. The second-order valence-electron chi connectivity index (χ2n) is 8.75. The van der Waals surface area contributed by atoms with Gasteiger partial charge in [0.2, 0.25) is 0 Å². The molecule has 1 saturated heterocycles. The van der Waals surface area contributed by atoms with E-state index in [0.717, 1.165) is 30.9 Å². The number of nitrogens with one attached hydrogen (secondary N) is 1. The summed E-state index contributed by atoms with van der Waals surface area (Å²) in [4.78, 5) is 15.3. The normalized spacial score (nSPS) is 28.4. The molecular formula is C25H28N2O3. The number of para-hydroxylation sites is 1. The van der Waals surface area contributed by atoms with E-state index < -0.39 is 6.10 Å². The van der Waals surface area contributed by atoms with Crippen LogP contribution in [0.5, 0.6) is 0 Å². The summed E-state index contributed by atoms with van der Waals surface area (Å²) in [5.74, 6) is -0.350. The van der Waals surface area contributed by atoms with E-state index in [4.69, 9.17) is 4.74 Å². The first-order chi connectivity index (χ1) is 14.6. The molecule has 5 rings (SSSR count). The average Bonchev–Trinajstić information content (AvgIpc) is 3.30. The summed E-state index contributed by atoms with van der Waals surface area (Å²) >= 11 is 0. The molecule has 0 amide bonds. The Morgan fingerprint density at radius 2 is 1.97 bits per heavy atom. The maximum Gasteiger partial charge on any atom is 0.335 e. The van der Waals surface area contributed by atoms with E-state index in [1.165, 1.54) is 18.2 Å². The van der Waals surface area contributed by atoms with Crippen LogP contribution in [-0.4, -0.2) is 41.8 Å². The standard InChI is InChI=1S/C25H28N2O3/c1-16(28)18-14-19(24(29)30-2)22-25(20-10-6-7-11-21(20)26-22)12-13-27(23(18)25)15-17-8-4-3-5-9-17/h3-11,16,18,23,26,28H,12-15H2,1-2H3/t16-,18-,23-,25-/m0/s1. The zero-order chi connectivity index (χ0) is 20.9. The van der Waals surface area contributed by atoms with Crippen molar-refractivity contribution in [2.24, 2.45) is 5.92 Å². The Morgan fingerprint density at radius 3 is 2.70 bits per heavy atom. The highest BCUT2D eigenvalue weighted by Gasteiger charge is 2.61. The highest BCUT2D eigenvalue weighted by molar-refractivity contribution is 5.93. The van der Waals surface area contributed by atoms with Gasteiger partial charge in [0.15, 0.2) is 0 Å². The van der Waals surface area contributed by atoms with Crippen molar-refractivity contribution >= 4 is 11.7 Å². The molecule has 1 fully saturated rings. The number of aliphatic hydroxyl groups excluding tert-OH is 1. The molecule has 3 aliphatic rings. The van der Waals surface area contributed by atoms with Crippen LogP contribution in [0.2, 0.25) is 0 Å². The van der Waals surface area contributed by atoms with Gasteiger partial charge in [-0.3, -0.25) is 4.90 Å². The summed E-state index contributed by atoms with van der Waals surface area (Å²) in [5, 5.41) is 14.4. The van der Waals surface area contributed by atoms with Crippen LogP contribution in [0.3, 0.4) is 0 Å². The lowest BCUT2D eigenvalue weighted by molar-refractivity contribution is -0.137. The Hall–Kier alpha value is -2.63. The SMILES string of the molecule is COC(=O)C1=C2Nc3ccccc3[C@@]23CCN(Cc2ccccc2)[C@H]3[C@H]([C@H](C)O)C1. The van der Waals surface area contributed by atoms with Crippen LogP contribution < -0.4 is 5.32 Å². The number of hydrogen-bond acceptors (Lipinski definition) is 5. The van der Waals surface area contributed by atoms with Gasteiger partial charge in [-0.25, -0.2) is 4.79 Å². The molecule has 0 radical (unpaired) electrons. The van der Waals surface area contributed by atoms with Crippen molar-refractivity contribution in [2.45, 2.75) is 43.9 Å². The molecule has 0 aromatic heterocycles. The number of esters is 1. The van der Waals surface area contributed by atoms with Gasteiger partial charge in [0.1, 0.15) is 0 Å². The van der Waals surface area contributed by atoms with Gasteiger partial charge < -0.3 is 15.2 Å². The third-order valence-electron chi connectivity index (χ3n) is 7.23. The summed E-state index contributed by atoms with van der Waals surface area (Å²) in [6, 6.07) is 18.9. The lowest BCUT2D eigenvalue weighted by atomic mass is 9.62. The highest BCUT2D eigenvalue weighted by atomic mass is 16.5. The number of carbonyl (C=O) groups excluding carboxylic acids is 1. The second-order valence-corrected chi connectivity index (χ2v) is 8.75. The smallest absolute Gasteiger partial charge is 0.335 e. The van der Waals surface area contributed by atoms with Gasteiger partial charge in [0.25, 0.3) is 0 Å². The predicted molar refractivity (Wildman–Crippen MR) is 116 cm³/mol. The number of nitrogens with zero attached hydrogens (tertiary/aromatic N) is 1.